The van der Waals surface area contributed by atoms with Crippen LogP contribution in [0.25, 0.3) is 11.3 Å². The maximum Gasteiger partial charge on any atom is 0.266 e. The molecule has 158 valence electrons. The number of nitrogens with zero attached hydrogens (tertiary/aromatic N) is 5. The van der Waals surface area contributed by atoms with E-state index in [1.807, 2.05) is 46.8 Å². The number of fused-ring (bicyclic) bond motifs is 3. The number of carbonyl (C=O) groups excluding carboxylic acids is 1. The summed E-state index contributed by atoms with van der Waals surface area (Å²) in [5, 5.41) is 4.80. The minimum Gasteiger partial charge on any atom is -0.322 e. The number of pyridine rings is 1. The number of hydrogen-bond acceptors (Lipinski definition) is 5. The summed E-state index contributed by atoms with van der Waals surface area (Å²) in [6, 6.07) is 13.1. The Kier molecular flexibility index (Phi) is 4.15. The van der Waals surface area contributed by atoms with Gasteiger partial charge in [-0.25, -0.2) is 4.99 Å². The first-order valence-corrected chi connectivity index (χ1v) is 10.2. The molecule has 2 aromatic heterocycles. The molecule has 0 fully saturated rings. The second-order valence-electron chi connectivity index (χ2n) is 8.74. The molecule has 0 atom stereocenters. The van der Waals surface area contributed by atoms with Crippen molar-refractivity contribution in [3.8, 4) is 11.3 Å². The van der Waals surface area contributed by atoms with E-state index < -0.39 is 0 Å². The second kappa shape index (κ2) is 6.66. The fourth-order valence-corrected chi connectivity index (χ4v) is 4.21. The normalized spacial score (nSPS) is 16.9. The molecule has 8 heteroatoms. The SMILES string of the molecule is Cc1c2c(nn1Cc1ccc(-c3cccc(=O)[nH]3)cc1)N1CC(C)(C)N=C1N(C)C2=O. The minimum absolute atomic E-state index is 0.0742. The standard InChI is InChI=1S/C23H24N6O2/c1-14-19-20(28-13-23(2,3)25-22(28)27(4)21(19)31)26-29(14)12-15-8-10-16(11-9-15)17-6-5-7-18(30)24-17/h5-11H,12-13H2,1-4H3,(H,24,30). The Morgan fingerprint density at radius 2 is 1.84 bits per heavy atom. The van der Waals surface area contributed by atoms with Crippen LogP contribution in [0.2, 0.25) is 0 Å². The Bertz CT molecular complexity index is 1280. The number of H-pyrrole nitrogens is 1. The van der Waals surface area contributed by atoms with Crippen molar-refractivity contribution in [2.24, 2.45) is 4.99 Å². The van der Waals surface area contributed by atoms with Crippen LogP contribution in [0.15, 0.2) is 52.3 Å². The third-order valence-electron chi connectivity index (χ3n) is 5.82. The summed E-state index contributed by atoms with van der Waals surface area (Å²) in [5.74, 6) is 1.27. The maximum absolute atomic E-state index is 13.0. The van der Waals surface area contributed by atoms with Gasteiger partial charge in [0.2, 0.25) is 11.5 Å². The molecule has 2 aliphatic rings. The van der Waals surface area contributed by atoms with Crippen molar-refractivity contribution < 1.29 is 4.79 Å². The molecule has 0 bridgehead atoms. The maximum atomic E-state index is 13.0. The fourth-order valence-electron chi connectivity index (χ4n) is 4.21. The highest BCUT2D eigenvalue weighted by atomic mass is 16.2. The summed E-state index contributed by atoms with van der Waals surface area (Å²) in [5.41, 5.74) is 3.86. The molecular weight excluding hydrogens is 392 g/mol. The number of guanidine groups is 1. The van der Waals surface area contributed by atoms with E-state index in [4.69, 9.17) is 10.1 Å². The van der Waals surface area contributed by atoms with Crippen LogP contribution >= 0.6 is 0 Å². The quantitative estimate of drug-likeness (QED) is 0.711. The lowest BCUT2D eigenvalue weighted by atomic mass is 10.1. The van der Waals surface area contributed by atoms with Gasteiger partial charge in [0, 0.05) is 18.8 Å². The highest BCUT2D eigenvalue weighted by molar-refractivity contribution is 6.19. The van der Waals surface area contributed by atoms with Crippen molar-refractivity contribution in [2.45, 2.75) is 32.9 Å². The molecule has 5 rings (SSSR count). The molecule has 2 aliphatic heterocycles. The van der Waals surface area contributed by atoms with Crippen LogP contribution in [0.1, 0.15) is 35.5 Å². The molecule has 1 amide bonds. The molecule has 0 saturated carbocycles. The first-order chi connectivity index (χ1) is 14.7. The summed E-state index contributed by atoms with van der Waals surface area (Å²) in [6.07, 6.45) is 0. The average Bonchev–Trinajstić information content (AvgIpc) is 3.23. The van der Waals surface area contributed by atoms with Crippen LogP contribution < -0.4 is 10.5 Å². The molecular formula is C23H24N6O2. The molecule has 31 heavy (non-hydrogen) atoms. The van der Waals surface area contributed by atoms with Gasteiger partial charge < -0.3 is 4.98 Å². The van der Waals surface area contributed by atoms with Crippen LogP contribution in [0.4, 0.5) is 5.82 Å². The molecule has 0 saturated heterocycles. The van der Waals surface area contributed by atoms with E-state index in [9.17, 15) is 9.59 Å². The van der Waals surface area contributed by atoms with Gasteiger partial charge in [0.1, 0.15) is 5.56 Å². The van der Waals surface area contributed by atoms with Crippen molar-refractivity contribution in [1.82, 2.24) is 19.7 Å². The number of aromatic amines is 1. The van der Waals surface area contributed by atoms with E-state index in [-0.39, 0.29) is 17.0 Å². The van der Waals surface area contributed by atoms with Crippen LogP contribution in [-0.2, 0) is 6.54 Å². The average molecular weight is 416 g/mol. The summed E-state index contributed by atoms with van der Waals surface area (Å²) in [6.45, 7) is 7.28. The number of benzene rings is 1. The minimum atomic E-state index is -0.266. The molecule has 8 nitrogen and oxygen atoms in total. The lowest BCUT2D eigenvalue weighted by Crippen LogP contribution is -2.48. The molecule has 0 spiro atoms. The molecule has 4 heterocycles. The van der Waals surface area contributed by atoms with Gasteiger partial charge in [0.05, 0.1) is 24.3 Å². The topological polar surface area (TPSA) is 86.6 Å². The lowest BCUT2D eigenvalue weighted by molar-refractivity contribution is 0.0864. The predicted molar refractivity (Wildman–Crippen MR) is 120 cm³/mol. The van der Waals surface area contributed by atoms with Gasteiger partial charge in [0.15, 0.2) is 5.82 Å². The number of amides is 1. The zero-order chi connectivity index (χ0) is 21.9. The molecule has 1 aromatic carbocycles. The number of anilines is 1. The lowest BCUT2D eigenvalue weighted by Gasteiger charge is -2.30. The van der Waals surface area contributed by atoms with Crippen molar-refractivity contribution in [2.75, 3.05) is 18.5 Å². The van der Waals surface area contributed by atoms with Crippen molar-refractivity contribution >= 4 is 17.7 Å². The number of carbonyl (C=O) groups is 1. The highest BCUT2D eigenvalue weighted by Crippen LogP contribution is 2.35. The Morgan fingerprint density at radius 3 is 2.55 bits per heavy atom. The molecule has 1 N–H and O–H groups in total. The van der Waals surface area contributed by atoms with Crippen LogP contribution in [0.3, 0.4) is 0 Å². The summed E-state index contributed by atoms with van der Waals surface area (Å²) >= 11 is 0. The van der Waals surface area contributed by atoms with E-state index in [1.54, 1.807) is 18.0 Å². The summed E-state index contributed by atoms with van der Waals surface area (Å²) in [4.78, 5) is 35.8. The van der Waals surface area contributed by atoms with Crippen LogP contribution in [-0.4, -0.2) is 50.7 Å². The smallest absolute Gasteiger partial charge is 0.266 e. The van der Waals surface area contributed by atoms with Gasteiger partial charge in [-0.1, -0.05) is 30.3 Å². The predicted octanol–water partition coefficient (Wildman–Crippen LogP) is 2.64. The molecule has 0 radical (unpaired) electrons. The number of rotatable bonds is 3. The fraction of sp³-hybridized carbons (Fsp3) is 0.304. The first-order valence-electron chi connectivity index (χ1n) is 10.2. The van der Waals surface area contributed by atoms with Crippen LogP contribution in [0, 0.1) is 6.92 Å². The second-order valence-corrected chi connectivity index (χ2v) is 8.74. The van der Waals surface area contributed by atoms with Gasteiger partial charge in [0.25, 0.3) is 5.91 Å². The van der Waals surface area contributed by atoms with Gasteiger partial charge >= 0.3 is 0 Å². The number of hydrogen-bond donors (Lipinski definition) is 1. The number of aliphatic imine (C=N–C) groups is 1. The van der Waals surface area contributed by atoms with E-state index in [0.717, 1.165) is 22.5 Å². The molecule has 0 aliphatic carbocycles. The zero-order valence-electron chi connectivity index (χ0n) is 18.0. The highest BCUT2D eigenvalue weighted by Gasteiger charge is 2.44. The van der Waals surface area contributed by atoms with Crippen molar-refractivity contribution in [1.29, 1.82) is 0 Å². The van der Waals surface area contributed by atoms with Gasteiger partial charge in [-0.3, -0.25) is 24.1 Å². The number of nitrogens with one attached hydrogen (secondary N) is 1. The van der Waals surface area contributed by atoms with E-state index in [1.165, 1.54) is 6.07 Å². The monoisotopic (exact) mass is 416 g/mol. The largest absolute Gasteiger partial charge is 0.322 e. The molecule has 3 aromatic rings. The van der Waals surface area contributed by atoms with E-state index in [2.05, 4.69) is 18.8 Å². The van der Waals surface area contributed by atoms with E-state index >= 15 is 0 Å². The van der Waals surface area contributed by atoms with Gasteiger partial charge in [-0.05, 0) is 38.0 Å². The Labute approximate surface area is 179 Å². The summed E-state index contributed by atoms with van der Waals surface area (Å²) < 4.78 is 1.88. The number of aromatic nitrogens is 3. The Morgan fingerprint density at radius 1 is 1.10 bits per heavy atom. The third kappa shape index (κ3) is 3.15. The van der Waals surface area contributed by atoms with Crippen molar-refractivity contribution in [3.63, 3.8) is 0 Å². The van der Waals surface area contributed by atoms with Crippen LogP contribution in [0.5, 0.6) is 0 Å². The van der Waals surface area contributed by atoms with Crippen molar-refractivity contribution in [3.05, 3.63) is 69.6 Å². The summed E-state index contributed by atoms with van der Waals surface area (Å²) in [7, 11) is 1.77. The Balaban J connectivity index is 1.46. The zero-order valence-corrected chi connectivity index (χ0v) is 18.0. The Hall–Kier alpha value is -3.68. The molecule has 0 unspecified atom stereocenters. The van der Waals surface area contributed by atoms with Gasteiger partial charge in [-0.2, -0.15) is 5.10 Å². The van der Waals surface area contributed by atoms with E-state index in [0.29, 0.717) is 30.4 Å². The first kappa shape index (κ1) is 19.3. The third-order valence-corrected chi connectivity index (χ3v) is 5.82. The van der Waals surface area contributed by atoms with Gasteiger partial charge in [-0.15, -0.1) is 0 Å².